The van der Waals surface area contributed by atoms with E-state index in [1.807, 2.05) is 36.1 Å². The number of carbonyl (C=O) groups excluding carboxylic acids is 2. The van der Waals surface area contributed by atoms with Gasteiger partial charge in [0.1, 0.15) is 5.75 Å². The summed E-state index contributed by atoms with van der Waals surface area (Å²) in [6.07, 6.45) is 2.12. The largest absolute Gasteiger partial charge is 0.484 e. The first kappa shape index (κ1) is 20.7. The molecule has 1 aliphatic rings. The maximum atomic E-state index is 12.3. The number of thioether (sulfide) groups is 1. The molecule has 28 heavy (non-hydrogen) atoms. The van der Waals surface area contributed by atoms with E-state index < -0.39 is 0 Å². The van der Waals surface area contributed by atoms with E-state index in [1.54, 1.807) is 18.2 Å². The summed E-state index contributed by atoms with van der Waals surface area (Å²) in [5, 5.41) is 2.88. The molecular formula is C21H23BrN2O3S. The highest BCUT2D eigenvalue weighted by Gasteiger charge is 2.18. The summed E-state index contributed by atoms with van der Waals surface area (Å²) in [6, 6.07) is 13.1. The molecule has 2 aromatic carbocycles. The molecule has 0 radical (unpaired) electrons. The van der Waals surface area contributed by atoms with Crippen LogP contribution in [0.5, 0.6) is 5.75 Å². The molecule has 0 bridgehead atoms. The molecule has 1 fully saturated rings. The van der Waals surface area contributed by atoms with Gasteiger partial charge in [0.2, 0.25) is 5.91 Å². The number of halogens is 1. The minimum Gasteiger partial charge on any atom is -0.484 e. The van der Waals surface area contributed by atoms with Gasteiger partial charge in [-0.25, -0.2) is 0 Å². The van der Waals surface area contributed by atoms with Crippen LogP contribution in [0.3, 0.4) is 0 Å². The Morgan fingerprint density at radius 1 is 1.18 bits per heavy atom. The highest BCUT2D eigenvalue weighted by Crippen LogP contribution is 2.25. The molecule has 0 spiro atoms. The highest BCUT2D eigenvalue weighted by molar-refractivity contribution is 9.10. The number of nitrogens with zero attached hydrogens (tertiary/aromatic N) is 1. The molecule has 5 nitrogen and oxygen atoms in total. The first-order valence-corrected chi connectivity index (χ1v) is 11.0. The van der Waals surface area contributed by atoms with Crippen molar-refractivity contribution in [2.24, 2.45) is 0 Å². The molecule has 0 saturated carbocycles. The summed E-state index contributed by atoms with van der Waals surface area (Å²) < 4.78 is 6.63. The number of benzene rings is 2. The third-order valence-electron chi connectivity index (χ3n) is 4.43. The van der Waals surface area contributed by atoms with Gasteiger partial charge in [-0.05, 0) is 55.7 Å². The van der Waals surface area contributed by atoms with Gasteiger partial charge in [0.25, 0.3) is 5.91 Å². The number of aryl methyl sites for hydroxylation is 1. The molecule has 1 heterocycles. The lowest BCUT2D eigenvalue weighted by molar-refractivity contribution is -0.132. The standard InChI is InChI=1S/C21H23BrN2O3S/c1-15-11-16(22)7-8-19(15)28-14-20(25)23-17-5-4-6-18(12-17)27-13-21(26)24-9-2-3-10-24/h4-8,11-12H,2-3,9-10,13-14H2,1H3,(H,23,25). The average molecular weight is 463 g/mol. The Kier molecular flexibility index (Phi) is 7.39. The van der Waals surface area contributed by atoms with E-state index in [2.05, 4.69) is 21.2 Å². The first-order chi connectivity index (χ1) is 13.5. The second-order valence-electron chi connectivity index (χ2n) is 6.65. The number of hydrogen-bond donors (Lipinski definition) is 1. The lowest BCUT2D eigenvalue weighted by Crippen LogP contribution is -2.32. The number of amides is 2. The summed E-state index contributed by atoms with van der Waals surface area (Å²) in [6.45, 7) is 3.67. The van der Waals surface area contributed by atoms with Gasteiger partial charge in [0.05, 0.1) is 5.75 Å². The topological polar surface area (TPSA) is 58.6 Å². The maximum Gasteiger partial charge on any atom is 0.260 e. The number of ether oxygens (including phenoxy) is 1. The van der Waals surface area contributed by atoms with Crippen LogP contribution >= 0.6 is 27.7 Å². The quantitative estimate of drug-likeness (QED) is 0.615. The van der Waals surface area contributed by atoms with Gasteiger partial charge in [-0.1, -0.05) is 22.0 Å². The Hall–Kier alpha value is -1.99. The van der Waals surface area contributed by atoms with Crippen LogP contribution in [0.1, 0.15) is 18.4 Å². The van der Waals surface area contributed by atoms with Crippen molar-refractivity contribution < 1.29 is 14.3 Å². The molecule has 2 amide bonds. The Balaban J connectivity index is 1.49. The minimum absolute atomic E-state index is 0.00760. The van der Waals surface area contributed by atoms with Gasteiger partial charge >= 0.3 is 0 Å². The predicted octanol–water partition coefficient (Wildman–Crippen LogP) is 4.49. The number of likely N-dealkylation sites (tertiary alicyclic amines) is 1. The third kappa shape index (κ3) is 6.01. The molecule has 1 aliphatic heterocycles. The SMILES string of the molecule is Cc1cc(Br)ccc1SCC(=O)Nc1cccc(OCC(=O)N2CCCC2)c1. The molecule has 0 aliphatic carbocycles. The van der Waals surface area contributed by atoms with Crippen molar-refractivity contribution in [3.05, 3.63) is 52.5 Å². The fourth-order valence-corrected chi connectivity index (χ4v) is 4.27. The number of carbonyl (C=O) groups is 2. The highest BCUT2D eigenvalue weighted by atomic mass is 79.9. The summed E-state index contributed by atoms with van der Waals surface area (Å²) in [4.78, 5) is 27.3. The predicted molar refractivity (Wildman–Crippen MR) is 116 cm³/mol. The summed E-state index contributed by atoms with van der Waals surface area (Å²) in [5.74, 6) is 0.814. The summed E-state index contributed by atoms with van der Waals surface area (Å²) in [5.41, 5.74) is 1.79. The van der Waals surface area contributed by atoms with Gasteiger partial charge in [-0.2, -0.15) is 0 Å². The number of nitrogens with one attached hydrogen (secondary N) is 1. The van der Waals surface area contributed by atoms with Crippen LogP contribution in [0, 0.1) is 6.92 Å². The van der Waals surface area contributed by atoms with Crippen molar-refractivity contribution in [1.29, 1.82) is 0 Å². The molecule has 0 atom stereocenters. The Bertz CT molecular complexity index is 853. The summed E-state index contributed by atoms with van der Waals surface area (Å²) in [7, 11) is 0. The van der Waals surface area contributed by atoms with Gasteiger partial charge in [-0.3, -0.25) is 9.59 Å². The molecule has 7 heteroatoms. The van der Waals surface area contributed by atoms with Gasteiger partial charge in [0.15, 0.2) is 6.61 Å². The maximum absolute atomic E-state index is 12.3. The van der Waals surface area contributed by atoms with Crippen molar-refractivity contribution >= 4 is 45.2 Å². The van der Waals surface area contributed by atoms with Gasteiger partial charge in [0, 0.05) is 34.2 Å². The zero-order chi connectivity index (χ0) is 19.9. The first-order valence-electron chi connectivity index (χ1n) is 9.21. The van der Waals surface area contributed by atoms with Crippen LogP contribution in [0.4, 0.5) is 5.69 Å². The Labute approximate surface area is 178 Å². The fraction of sp³-hybridized carbons (Fsp3) is 0.333. The smallest absolute Gasteiger partial charge is 0.260 e. The van der Waals surface area contributed by atoms with Crippen LogP contribution in [0.25, 0.3) is 0 Å². The van der Waals surface area contributed by atoms with E-state index in [0.29, 0.717) is 17.2 Å². The van der Waals surface area contributed by atoms with Crippen molar-refractivity contribution in [2.45, 2.75) is 24.7 Å². The van der Waals surface area contributed by atoms with Crippen LogP contribution in [-0.4, -0.2) is 42.2 Å². The Morgan fingerprint density at radius 3 is 2.71 bits per heavy atom. The number of hydrogen-bond acceptors (Lipinski definition) is 4. The number of rotatable bonds is 7. The molecule has 1 N–H and O–H groups in total. The minimum atomic E-state index is -0.0855. The zero-order valence-electron chi connectivity index (χ0n) is 15.7. The van der Waals surface area contributed by atoms with Crippen molar-refractivity contribution in [1.82, 2.24) is 4.90 Å². The van der Waals surface area contributed by atoms with Crippen LogP contribution in [0.15, 0.2) is 51.8 Å². The van der Waals surface area contributed by atoms with Crippen molar-refractivity contribution in [3.63, 3.8) is 0 Å². The molecule has 0 unspecified atom stereocenters. The van der Waals surface area contributed by atoms with Crippen molar-refractivity contribution in [3.8, 4) is 5.75 Å². The summed E-state index contributed by atoms with van der Waals surface area (Å²) >= 11 is 4.95. The lowest BCUT2D eigenvalue weighted by Gasteiger charge is -2.15. The van der Waals surface area contributed by atoms with Crippen LogP contribution in [0.2, 0.25) is 0 Å². The monoisotopic (exact) mass is 462 g/mol. The molecule has 2 aromatic rings. The van der Waals surface area contributed by atoms with E-state index in [1.165, 1.54) is 11.8 Å². The van der Waals surface area contributed by atoms with Gasteiger partial charge in [-0.15, -0.1) is 11.8 Å². The Morgan fingerprint density at radius 2 is 1.96 bits per heavy atom. The van der Waals surface area contributed by atoms with E-state index in [9.17, 15) is 9.59 Å². The van der Waals surface area contributed by atoms with Crippen LogP contribution in [-0.2, 0) is 9.59 Å². The van der Waals surface area contributed by atoms with E-state index >= 15 is 0 Å². The zero-order valence-corrected chi connectivity index (χ0v) is 18.1. The molecular weight excluding hydrogens is 440 g/mol. The fourth-order valence-electron chi connectivity index (χ4n) is 2.98. The normalized spacial score (nSPS) is 13.4. The van der Waals surface area contributed by atoms with E-state index in [4.69, 9.17) is 4.74 Å². The third-order valence-corrected chi connectivity index (χ3v) is 6.10. The second kappa shape index (κ2) is 9.98. The molecule has 148 valence electrons. The van der Waals surface area contributed by atoms with Gasteiger partial charge < -0.3 is 15.0 Å². The average Bonchev–Trinajstić information content (AvgIpc) is 3.20. The lowest BCUT2D eigenvalue weighted by atomic mass is 10.2. The molecule has 3 rings (SSSR count). The molecule has 0 aromatic heterocycles. The molecule has 1 saturated heterocycles. The number of anilines is 1. The van der Waals surface area contributed by atoms with Crippen LogP contribution < -0.4 is 10.1 Å². The van der Waals surface area contributed by atoms with E-state index in [-0.39, 0.29) is 18.4 Å². The van der Waals surface area contributed by atoms with Crippen molar-refractivity contribution in [2.75, 3.05) is 30.8 Å². The second-order valence-corrected chi connectivity index (χ2v) is 8.58. The van der Waals surface area contributed by atoms with E-state index in [0.717, 1.165) is 40.9 Å².